The molecule has 3 fully saturated rings. The van der Waals surface area contributed by atoms with Gasteiger partial charge in [0.15, 0.2) is 5.82 Å². The number of nitrogens with two attached hydrogens (primary N) is 1. The highest BCUT2D eigenvalue weighted by Crippen LogP contribution is 2.62. The number of hydrogen-bond donors (Lipinski definition) is 1. The van der Waals surface area contributed by atoms with Crippen molar-refractivity contribution >= 4 is 34.5 Å². The second-order valence-corrected chi connectivity index (χ2v) is 9.71. The lowest BCUT2D eigenvalue weighted by Crippen LogP contribution is -2.48. The molecule has 0 radical (unpaired) electrons. The number of hydrogen-bond acceptors (Lipinski definition) is 4. The van der Waals surface area contributed by atoms with Gasteiger partial charge in [0.2, 0.25) is 0 Å². The normalized spacial score (nSPS) is 27.6. The molecule has 7 heteroatoms. The molecule has 1 saturated heterocycles. The monoisotopic (exact) mass is 427 g/mol. The summed E-state index contributed by atoms with van der Waals surface area (Å²) >= 11 is 12.7. The van der Waals surface area contributed by atoms with Crippen LogP contribution in [-0.2, 0) is 0 Å². The molecule has 2 unspecified atom stereocenters. The van der Waals surface area contributed by atoms with Crippen LogP contribution < -0.4 is 10.6 Å². The summed E-state index contributed by atoms with van der Waals surface area (Å²) in [6.07, 6.45) is 10.7. The van der Waals surface area contributed by atoms with Crippen molar-refractivity contribution in [2.45, 2.75) is 31.7 Å². The molecule has 3 aromatic rings. The minimum atomic E-state index is 0.356. The van der Waals surface area contributed by atoms with Gasteiger partial charge in [-0.3, -0.25) is 4.40 Å². The molecular weight excluding hydrogens is 405 g/mol. The summed E-state index contributed by atoms with van der Waals surface area (Å²) in [6, 6.07) is 6.02. The standard InChI is InChI=1S/C22H23Cl2N5/c23-16-3-1-2-14(18(16)24)20-27-12-17-21(26-6-9-29(17)20)28-7-4-22(5-8-28)11-13-10-15(13)19(22)25/h1-3,6,9,12-13,15,19H,4-5,7-8,10-11,25H2/t13?,15?,19-/m1/s1. The van der Waals surface area contributed by atoms with Gasteiger partial charge < -0.3 is 10.6 Å². The summed E-state index contributed by atoms with van der Waals surface area (Å²) in [5.41, 5.74) is 8.80. The molecule has 1 aromatic carbocycles. The summed E-state index contributed by atoms with van der Waals surface area (Å²) < 4.78 is 2.06. The maximum absolute atomic E-state index is 6.63. The molecular formula is C22H23Cl2N5. The lowest BCUT2D eigenvalue weighted by Gasteiger charge is -2.44. The number of aromatic nitrogens is 3. The first-order valence-electron chi connectivity index (χ1n) is 10.3. The van der Waals surface area contributed by atoms with Crippen LogP contribution in [0.5, 0.6) is 0 Å². The first kappa shape index (κ1) is 18.0. The van der Waals surface area contributed by atoms with Crippen molar-refractivity contribution in [3.8, 4) is 11.4 Å². The fraction of sp³-hybridized carbons (Fsp3) is 0.455. The van der Waals surface area contributed by atoms with Crippen LogP contribution in [0.2, 0.25) is 10.0 Å². The maximum Gasteiger partial charge on any atom is 0.154 e. The van der Waals surface area contributed by atoms with Crippen molar-refractivity contribution < 1.29 is 0 Å². The van der Waals surface area contributed by atoms with E-state index in [0.717, 1.165) is 60.5 Å². The van der Waals surface area contributed by atoms with E-state index in [1.807, 2.05) is 30.7 Å². The van der Waals surface area contributed by atoms with Crippen LogP contribution in [-0.4, -0.2) is 33.5 Å². The van der Waals surface area contributed by atoms with Crippen molar-refractivity contribution in [3.63, 3.8) is 0 Å². The highest BCUT2D eigenvalue weighted by Gasteiger charge is 2.59. The second kappa shape index (κ2) is 6.34. The smallest absolute Gasteiger partial charge is 0.154 e. The summed E-state index contributed by atoms with van der Waals surface area (Å²) in [4.78, 5) is 11.8. The molecule has 6 rings (SSSR count). The average molecular weight is 428 g/mol. The van der Waals surface area contributed by atoms with Gasteiger partial charge in [-0.25, -0.2) is 9.97 Å². The van der Waals surface area contributed by atoms with Crippen LogP contribution in [0.4, 0.5) is 5.82 Å². The largest absolute Gasteiger partial charge is 0.355 e. The third-order valence-corrected chi connectivity index (χ3v) is 8.32. The SMILES string of the molecule is N[C@@H]1C2CC2CC12CCN(c1nccn3c(-c4cccc(Cl)c4Cl)ncc13)CC2. The summed E-state index contributed by atoms with van der Waals surface area (Å²) in [5, 5.41) is 1.05. The third-order valence-electron chi connectivity index (χ3n) is 7.50. The number of imidazole rings is 1. The van der Waals surface area contributed by atoms with E-state index in [1.165, 1.54) is 12.8 Å². The van der Waals surface area contributed by atoms with Gasteiger partial charge >= 0.3 is 0 Å². The van der Waals surface area contributed by atoms with Crippen molar-refractivity contribution in [1.82, 2.24) is 14.4 Å². The maximum atomic E-state index is 6.63. The molecule has 2 aromatic heterocycles. The molecule has 0 amide bonds. The van der Waals surface area contributed by atoms with Crippen molar-refractivity contribution in [2.75, 3.05) is 18.0 Å². The summed E-state index contributed by atoms with van der Waals surface area (Å²) in [7, 11) is 0. The van der Waals surface area contributed by atoms with E-state index in [1.54, 1.807) is 6.07 Å². The molecule has 0 bridgehead atoms. The highest BCUT2D eigenvalue weighted by atomic mass is 35.5. The van der Waals surface area contributed by atoms with E-state index >= 15 is 0 Å². The Morgan fingerprint density at radius 1 is 1.14 bits per heavy atom. The molecule has 2 aliphatic carbocycles. The Kier molecular flexibility index (Phi) is 3.93. The molecule has 2 saturated carbocycles. The quantitative estimate of drug-likeness (QED) is 0.645. The molecule has 29 heavy (non-hydrogen) atoms. The van der Waals surface area contributed by atoms with Gasteiger partial charge in [0.1, 0.15) is 11.3 Å². The zero-order valence-electron chi connectivity index (χ0n) is 16.1. The fourth-order valence-electron chi connectivity index (χ4n) is 5.79. The predicted octanol–water partition coefficient (Wildman–Crippen LogP) is 4.66. The number of fused-ring (bicyclic) bond motifs is 2. The summed E-state index contributed by atoms with van der Waals surface area (Å²) in [5.74, 6) is 3.46. The van der Waals surface area contributed by atoms with E-state index in [0.29, 0.717) is 21.5 Å². The first-order valence-corrected chi connectivity index (χ1v) is 11.1. The van der Waals surface area contributed by atoms with Crippen LogP contribution in [0.1, 0.15) is 25.7 Å². The Morgan fingerprint density at radius 2 is 1.97 bits per heavy atom. The van der Waals surface area contributed by atoms with Crippen LogP contribution >= 0.6 is 23.2 Å². The molecule has 150 valence electrons. The van der Waals surface area contributed by atoms with Gasteiger partial charge in [-0.05, 0) is 55.1 Å². The van der Waals surface area contributed by atoms with Crippen LogP contribution in [0.15, 0.2) is 36.8 Å². The molecule has 3 atom stereocenters. The van der Waals surface area contributed by atoms with Gasteiger partial charge in [-0.15, -0.1) is 0 Å². The van der Waals surface area contributed by atoms with Crippen molar-refractivity contribution in [3.05, 3.63) is 46.8 Å². The third kappa shape index (κ3) is 2.64. The highest BCUT2D eigenvalue weighted by molar-refractivity contribution is 6.43. The van der Waals surface area contributed by atoms with Crippen LogP contribution in [0, 0.1) is 17.3 Å². The number of piperidine rings is 1. The fourth-order valence-corrected chi connectivity index (χ4v) is 6.18. The summed E-state index contributed by atoms with van der Waals surface area (Å²) in [6.45, 7) is 2.00. The lowest BCUT2D eigenvalue weighted by molar-refractivity contribution is 0.172. The van der Waals surface area contributed by atoms with Crippen LogP contribution in [0.3, 0.4) is 0 Å². The van der Waals surface area contributed by atoms with Gasteiger partial charge in [0.05, 0.1) is 16.2 Å². The van der Waals surface area contributed by atoms with E-state index in [4.69, 9.17) is 33.9 Å². The zero-order chi connectivity index (χ0) is 19.8. The number of rotatable bonds is 2. The number of anilines is 1. The molecule has 1 aliphatic heterocycles. The minimum Gasteiger partial charge on any atom is -0.355 e. The van der Waals surface area contributed by atoms with E-state index in [2.05, 4.69) is 14.3 Å². The Morgan fingerprint density at radius 3 is 2.72 bits per heavy atom. The molecule has 2 N–H and O–H groups in total. The van der Waals surface area contributed by atoms with Gasteiger partial charge in [-0.2, -0.15) is 0 Å². The van der Waals surface area contributed by atoms with Gasteiger partial charge in [-0.1, -0.05) is 29.3 Å². The van der Waals surface area contributed by atoms with E-state index in [9.17, 15) is 0 Å². The Labute approximate surface area is 179 Å². The minimum absolute atomic E-state index is 0.356. The Bertz CT molecular complexity index is 1100. The predicted molar refractivity (Wildman–Crippen MR) is 117 cm³/mol. The molecule has 3 heterocycles. The van der Waals surface area contributed by atoms with Crippen molar-refractivity contribution in [2.24, 2.45) is 23.0 Å². The Hall–Kier alpha value is -1.82. The number of benzene rings is 1. The Balaban J connectivity index is 1.32. The first-order chi connectivity index (χ1) is 14.1. The number of nitrogens with zero attached hydrogens (tertiary/aromatic N) is 4. The van der Waals surface area contributed by atoms with Crippen molar-refractivity contribution in [1.29, 1.82) is 0 Å². The molecule has 1 spiro atoms. The molecule has 5 nitrogen and oxygen atoms in total. The van der Waals surface area contributed by atoms with E-state index in [-0.39, 0.29) is 0 Å². The average Bonchev–Trinajstić information content (AvgIpc) is 3.27. The molecule has 3 aliphatic rings. The van der Waals surface area contributed by atoms with Gasteiger partial charge in [0.25, 0.3) is 0 Å². The lowest BCUT2D eigenvalue weighted by atomic mass is 9.72. The van der Waals surface area contributed by atoms with E-state index < -0.39 is 0 Å². The van der Waals surface area contributed by atoms with Gasteiger partial charge in [0, 0.05) is 37.1 Å². The zero-order valence-corrected chi connectivity index (χ0v) is 17.6. The van der Waals surface area contributed by atoms with Crippen LogP contribution in [0.25, 0.3) is 16.9 Å². The second-order valence-electron chi connectivity index (χ2n) is 8.93. The topological polar surface area (TPSA) is 59.5 Å². The number of halogens is 2.